The maximum absolute atomic E-state index is 11.5. The average Bonchev–Trinajstić information content (AvgIpc) is 2.58. The summed E-state index contributed by atoms with van der Waals surface area (Å²) in [7, 11) is 0. The van der Waals surface area contributed by atoms with Crippen molar-refractivity contribution in [1.29, 1.82) is 0 Å². The fourth-order valence-electron chi connectivity index (χ4n) is 1.21. The van der Waals surface area contributed by atoms with Crippen molar-refractivity contribution in [1.82, 2.24) is 0 Å². The Hall–Kier alpha value is -2.90. The monoisotopic (exact) mass is 340 g/mol. The van der Waals surface area contributed by atoms with Crippen LogP contribution in [0.4, 0.5) is 0 Å². The van der Waals surface area contributed by atoms with Crippen LogP contribution in [0.5, 0.6) is 0 Å². The van der Waals surface area contributed by atoms with Gasteiger partial charge in [0.2, 0.25) is 12.6 Å². The lowest BCUT2D eigenvalue weighted by Gasteiger charge is -2.15. The molecule has 0 aliphatic heterocycles. The molecule has 0 amide bonds. The fourth-order valence-corrected chi connectivity index (χ4v) is 1.21. The fraction of sp³-hybridized carbons (Fsp3) is 0.375. The molecule has 0 N–H and O–H groups in total. The van der Waals surface area contributed by atoms with E-state index in [2.05, 4.69) is 13.2 Å². The Balaban J connectivity index is 4.48. The van der Waals surface area contributed by atoms with E-state index in [0.29, 0.717) is 0 Å². The first kappa shape index (κ1) is 21.1. The van der Waals surface area contributed by atoms with Crippen molar-refractivity contribution in [3.05, 3.63) is 37.5 Å². The SMILES string of the molecule is C=CC(=O)OC(CC)OC(=O)/C=C\C(=O)OC(CC)OC(=O)C=C. The zero-order valence-electron chi connectivity index (χ0n) is 13.6. The molecule has 0 radical (unpaired) electrons. The van der Waals surface area contributed by atoms with E-state index in [4.69, 9.17) is 18.9 Å². The Morgan fingerprint density at radius 3 is 1.25 bits per heavy atom. The molecule has 0 rings (SSSR count). The van der Waals surface area contributed by atoms with Gasteiger partial charge in [0.15, 0.2) is 0 Å². The van der Waals surface area contributed by atoms with E-state index >= 15 is 0 Å². The third-order valence-electron chi connectivity index (χ3n) is 2.35. The Morgan fingerprint density at radius 2 is 1.00 bits per heavy atom. The van der Waals surface area contributed by atoms with E-state index < -0.39 is 36.5 Å². The molecule has 0 aromatic carbocycles. The number of carbonyl (C=O) groups excluding carboxylic acids is 4. The standard InChI is InChI=1S/C16H20O8/c1-5-11(17)21-15(7-3)23-13(19)9-10-14(20)24-16(8-4)22-12(18)6-2/h5-6,9-10,15-16H,1-2,7-8H2,3-4H3/b10-9-. The van der Waals surface area contributed by atoms with E-state index in [9.17, 15) is 19.2 Å². The van der Waals surface area contributed by atoms with E-state index in [0.717, 1.165) is 24.3 Å². The molecule has 0 aromatic rings. The zero-order chi connectivity index (χ0) is 18.5. The van der Waals surface area contributed by atoms with Crippen LogP contribution in [0.2, 0.25) is 0 Å². The lowest BCUT2D eigenvalue weighted by molar-refractivity contribution is -0.184. The number of hydrogen-bond acceptors (Lipinski definition) is 8. The number of ether oxygens (including phenoxy) is 4. The maximum atomic E-state index is 11.5. The maximum Gasteiger partial charge on any atom is 0.334 e. The van der Waals surface area contributed by atoms with Crippen LogP contribution < -0.4 is 0 Å². The van der Waals surface area contributed by atoms with Crippen molar-refractivity contribution in [3.8, 4) is 0 Å². The summed E-state index contributed by atoms with van der Waals surface area (Å²) in [6.07, 6.45) is 1.71. The second-order valence-corrected chi connectivity index (χ2v) is 4.16. The van der Waals surface area contributed by atoms with Crippen LogP contribution >= 0.6 is 0 Å². The summed E-state index contributed by atoms with van der Waals surface area (Å²) in [6.45, 7) is 9.70. The van der Waals surface area contributed by atoms with Crippen LogP contribution in [0, 0.1) is 0 Å². The average molecular weight is 340 g/mol. The third kappa shape index (κ3) is 9.19. The van der Waals surface area contributed by atoms with Crippen molar-refractivity contribution < 1.29 is 38.1 Å². The Kier molecular flexibility index (Phi) is 10.2. The Morgan fingerprint density at radius 1 is 0.708 bits per heavy atom. The summed E-state index contributed by atoms with van der Waals surface area (Å²) >= 11 is 0. The van der Waals surface area contributed by atoms with E-state index in [-0.39, 0.29) is 12.8 Å². The van der Waals surface area contributed by atoms with Crippen molar-refractivity contribution in [2.24, 2.45) is 0 Å². The van der Waals surface area contributed by atoms with Crippen LogP contribution in [0.15, 0.2) is 37.5 Å². The highest BCUT2D eigenvalue weighted by Gasteiger charge is 2.16. The largest absolute Gasteiger partial charge is 0.422 e. The molecule has 24 heavy (non-hydrogen) atoms. The number of carbonyl (C=O) groups is 4. The molecule has 0 saturated heterocycles. The van der Waals surface area contributed by atoms with Crippen LogP contribution in [0.25, 0.3) is 0 Å². The Labute approximate surface area is 139 Å². The topological polar surface area (TPSA) is 105 Å². The predicted molar refractivity (Wildman–Crippen MR) is 82.1 cm³/mol. The van der Waals surface area contributed by atoms with Crippen LogP contribution in [0.3, 0.4) is 0 Å². The summed E-state index contributed by atoms with van der Waals surface area (Å²) in [6, 6.07) is 0. The van der Waals surface area contributed by atoms with Gasteiger partial charge in [0, 0.05) is 37.1 Å². The second-order valence-electron chi connectivity index (χ2n) is 4.16. The first-order valence-electron chi connectivity index (χ1n) is 7.11. The highest BCUT2D eigenvalue weighted by atomic mass is 16.7. The molecule has 2 atom stereocenters. The third-order valence-corrected chi connectivity index (χ3v) is 2.35. The molecule has 132 valence electrons. The van der Waals surface area contributed by atoms with Crippen LogP contribution in [0.1, 0.15) is 26.7 Å². The number of rotatable bonds is 10. The summed E-state index contributed by atoms with van der Waals surface area (Å²) in [5, 5.41) is 0. The Bertz CT molecular complexity index is 474. The molecule has 0 aliphatic carbocycles. The van der Waals surface area contributed by atoms with Gasteiger partial charge in [-0.3, -0.25) is 0 Å². The quantitative estimate of drug-likeness (QED) is 0.335. The molecule has 0 fully saturated rings. The van der Waals surface area contributed by atoms with Gasteiger partial charge < -0.3 is 18.9 Å². The molecule has 0 spiro atoms. The second kappa shape index (κ2) is 11.6. The van der Waals surface area contributed by atoms with E-state index in [1.54, 1.807) is 13.8 Å². The number of hydrogen-bond donors (Lipinski definition) is 0. The van der Waals surface area contributed by atoms with Gasteiger partial charge in [0.05, 0.1) is 0 Å². The first-order chi connectivity index (χ1) is 11.4. The van der Waals surface area contributed by atoms with Gasteiger partial charge in [0.1, 0.15) is 0 Å². The van der Waals surface area contributed by atoms with Gasteiger partial charge in [0.25, 0.3) is 0 Å². The first-order valence-corrected chi connectivity index (χ1v) is 7.11. The molecule has 2 unspecified atom stereocenters. The van der Waals surface area contributed by atoms with Crippen LogP contribution in [-0.4, -0.2) is 36.5 Å². The van der Waals surface area contributed by atoms with Gasteiger partial charge >= 0.3 is 23.9 Å². The highest BCUT2D eigenvalue weighted by molar-refractivity contribution is 5.92. The summed E-state index contributed by atoms with van der Waals surface area (Å²) < 4.78 is 19.1. The molecule has 0 heterocycles. The molecule has 0 aliphatic rings. The predicted octanol–water partition coefficient (Wildman–Crippen LogP) is 1.56. The van der Waals surface area contributed by atoms with Crippen LogP contribution in [-0.2, 0) is 38.1 Å². The molecule has 8 heteroatoms. The van der Waals surface area contributed by atoms with Crippen molar-refractivity contribution in [3.63, 3.8) is 0 Å². The molecule has 0 bridgehead atoms. The number of esters is 4. The van der Waals surface area contributed by atoms with Gasteiger partial charge in [-0.25, -0.2) is 19.2 Å². The van der Waals surface area contributed by atoms with Gasteiger partial charge in [-0.1, -0.05) is 27.0 Å². The van der Waals surface area contributed by atoms with Crippen molar-refractivity contribution >= 4 is 23.9 Å². The smallest absolute Gasteiger partial charge is 0.334 e. The van der Waals surface area contributed by atoms with E-state index in [1.165, 1.54) is 0 Å². The minimum absolute atomic E-state index is 0.221. The molecular formula is C16H20O8. The minimum Gasteiger partial charge on any atom is -0.422 e. The molecule has 0 aromatic heterocycles. The minimum atomic E-state index is -1.10. The van der Waals surface area contributed by atoms with Gasteiger partial charge in [-0.2, -0.15) is 0 Å². The summed E-state index contributed by atoms with van der Waals surface area (Å²) in [5.74, 6) is -3.31. The zero-order valence-corrected chi connectivity index (χ0v) is 13.6. The lowest BCUT2D eigenvalue weighted by atomic mass is 10.4. The van der Waals surface area contributed by atoms with E-state index in [1.807, 2.05) is 0 Å². The lowest BCUT2D eigenvalue weighted by Crippen LogP contribution is -2.23. The normalized spacial score (nSPS) is 12.6. The van der Waals surface area contributed by atoms with Crippen molar-refractivity contribution in [2.45, 2.75) is 39.3 Å². The molecular weight excluding hydrogens is 320 g/mol. The summed E-state index contributed by atoms with van der Waals surface area (Å²) in [5.41, 5.74) is 0. The highest BCUT2D eigenvalue weighted by Crippen LogP contribution is 2.04. The van der Waals surface area contributed by atoms with Gasteiger partial charge in [-0.05, 0) is 0 Å². The van der Waals surface area contributed by atoms with Gasteiger partial charge in [-0.15, -0.1) is 0 Å². The molecule has 0 saturated carbocycles. The molecule has 8 nitrogen and oxygen atoms in total. The van der Waals surface area contributed by atoms with Crippen molar-refractivity contribution in [2.75, 3.05) is 0 Å². The summed E-state index contributed by atoms with van der Waals surface area (Å²) in [4.78, 5) is 45.1.